The molecule has 4 aliphatic carbocycles. The summed E-state index contributed by atoms with van der Waals surface area (Å²) in [6.07, 6.45) is 9.36. The Balaban J connectivity index is 1.88. The average molecular weight is 320 g/mol. The number of hydrogen-bond acceptors (Lipinski definition) is 2. The lowest BCUT2D eigenvalue weighted by atomic mass is 9.40. The fourth-order valence-corrected chi connectivity index (χ4v) is 6.56. The Hall–Kier alpha value is -0.830. The molecule has 0 aliphatic heterocycles. The van der Waals surface area contributed by atoms with E-state index in [-0.39, 0.29) is 10.8 Å². The zero-order valence-electron chi connectivity index (χ0n) is 15.1. The third kappa shape index (κ3) is 2.22. The number of hydrogen-bond donors (Lipinski definition) is 2. The van der Waals surface area contributed by atoms with E-state index in [1.807, 2.05) is 6.08 Å². The van der Waals surface area contributed by atoms with Gasteiger partial charge in [0.1, 0.15) is 0 Å². The van der Waals surface area contributed by atoms with E-state index in [1.165, 1.54) is 6.42 Å². The van der Waals surface area contributed by atoms with Crippen molar-refractivity contribution in [3.63, 3.8) is 0 Å². The smallest absolute Gasteiger partial charge is 0.330 e. The summed E-state index contributed by atoms with van der Waals surface area (Å²) in [4.78, 5) is 11.0. The van der Waals surface area contributed by atoms with Crippen molar-refractivity contribution in [2.75, 3.05) is 0 Å². The zero-order valence-corrected chi connectivity index (χ0v) is 15.1. The van der Waals surface area contributed by atoms with Crippen LogP contribution in [0.2, 0.25) is 0 Å². The lowest BCUT2D eigenvalue weighted by molar-refractivity contribution is -0.239. The van der Waals surface area contributed by atoms with Gasteiger partial charge in [0.15, 0.2) is 0 Å². The summed E-state index contributed by atoms with van der Waals surface area (Å²) in [5, 5.41) is 20.6. The molecule has 2 bridgehead atoms. The Bertz CT molecular complexity index is 531. The fourth-order valence-electron chi connectivity index (χ4n) is 6.56. The maximum atomic E-state index is 11.6. The molecule has 5 atom stereocenters. The van der Waals surface area contributed by atoms with Crippen LogP contribution in [0.15, 0.2) is 11.6 Å². The summed E-state index contributed by atoms with van der Waals surface area (Å²) in [5.74, 6) is 0.679. The molecular formula is C20H32O3. The number of aliphatic hydroxyl groups is 1. The number of carboxylic acid groups (broad SMARTS) is 1. The maximum Gasteiger partial charge on any atom is 0.330 e. The number of fused-ring (bicyclic) bond motifs is 2. The van der Waals surface area contributed by atoms with Crippen LogP contribution in [0.5, 0.6) is 0 Å². The SMILES string of the molecule is C/C(=C\CC[C@H]1C(C)(C)[C@@H]2CC[C@]13CC[C@H](C)[C@@]3(O)C2)C(=O)O. The number of carboxylic acids is 1. The second kappa shape index (κ2) is 5.34. The Kier molecular flexibility index (Phi) is 3.95. The van der Waals surface area contributed by atoms with E-state index in [0.717, 1.165) is 38.5 Å². The van der Waals surface area contributed by atoms with Crippen LogP contribution in [-0.4, -0.2) is 21.8 Å². The Morgan fingerprint density at radius 2 is 1.91 bits per heavy atom. The number of carbonyl (C=O) groups is 1. The largest absolute Gasteiger partial charge is 0.478 e. The van der Waals surface area contributed by atoms with Crippen LogP contribution in [0.1, 0.15) is 72.6 Å². The molecule has 3 heteroatoms. The van der Waals surface area contributed by atoms with Crippen LogP contribution in [0.25, 0.3) is 0 Å². The molecule has 23 heavy (non-hydrogen) atoms. The molecule has 0 saturated heterocycles. The second-order valence-electron chi connectivity index (χ2n) is 9.10. The molecule has 1 spiro atoms. The van der Waals surface area contributed by atoms with Gasteiger partial charge in [-0.25, -0.2) is 4.79 Å². The van der Waals surface area contributed by atoms with Crippen molar-refractivity contribution in [3.05, 3.63) is 11.6 Å². The normalized spacial score (nSPS) is 45.1. The predicted molar refractivity (Wildman–Crippen MR) is 91.0 cm³/mol. The first-order valence-corrected chi connectivity index (χ1v) is 9.27. The van der Waals surface area contributed by atoms with Gasteiger partial charge in [-0.3, -0.25) is 0 Å². The second-order valence-corrected chi connectivity index (χ2v) is 9.10. The minimum Gasteiger partial charge on any atom is -0.478 e. The highest BCUT2D eigenvalue weighted by Gasteiger charge is 2.70. The standard InChI is InChI=1S/C20H32O3/c1-13(17(21)22)6-5-7-16-18(3,4)15-9-11-19(16)10-8-14(2)20(19,23)12-15/h6,14-16,23H,5,7-12H2,1-4H3,(H,21,22)/b13-6+/t14-,15+,16-,19+,20-/m0/s1. The third-order valence-electron chi connectivity index (χ3n) is 8.06. The van der Waals surface area contributed by atoms with Gasteiger partial charge in [-0.1, -0.05) is 26.8 Å². The van der Waals surface area contributed by atoms with Gasteiger partial charge in [0.05, 0.1) is 5.60 Å². The van der Waals surface area contributed by atoms with Crippen molar-refractivity contribution < 1.29 is 15.0 Å². The van der Waals surface area contributed by atoms with Gasteiger partial charge >= 0.3 is 5.97 Å². The van der Waals surface area contributed by atoms with Crippen LogP contribution in [0.4, 0.5) is 0 Å². The molecule has 4 aliphatic rings. The summed E-state index contributed by atoms with van der Waals surface area (Å²) < 4.78 is 0. The molecule has 0 aromatic rings. The molecule has 3 nitrogen and oxygen atoms in total. The van der Waals surface area contributed by atoms with Crippen molar-refractivity contribution in [1.29, 1.82) is 0 Å². The van der Waals surface area contributed by atoms with Crippen molar-refractivity contribution in [1.82, 2.24) is 0 Å². The topological polar surface area (TPSA) is 57.5 Å². The van der Waals surface area contributed by atoms with E-state index in [4.69, 9.17) is 5.11 Å². The molecule has 0 heterocycles. The highest BCUT2D eigenvalue weighted by molar-refractivity contribution is 5.85. The molecular weight excluding hydrogens is 288 g/mol. The summed E-state index contributed by atoms with van der Waals surface area (Å²) >= 11 is 0. The summed E-state index contributed by atoms with van der Waals surface area (Å²) in [5.41, 5.74) is 0.271. The van der Waals surface area contributed by atoms with Crippen molar-refractivity contribution >= 4 is 5.97 Å². The molecule has 0 radical (unpaired) electrons. The van der Waals surface area contributed by atoms with Crippen LogP contribution < -0.4 is 0 Å². The van der Waals surface area contributed by atoms with Gasteiger partial charge < -0.3 is 10.2 Å². The van der Waals surface area contributed by atoms with Crippen molar-refractivity contribution in [2.24, 2.45) is 28.6 Å². The van der Waals surface area contributed by atoms with Crippen LogP contribution in [0, 0.1) is 28.6 Å². The quantitative estimate of drug-likeness (QED) is 0.755. The van der Waals surface area contributed by atoms with Gasteiger partial charge in [-0.05, 0) is 75.0 Å². The van der Waals surface area contributed by atoms with Gasteiger partial charge in [-0.15, -0.1) is 0 Å². The molecule has 0 amide bonds. The zero-order chi connectivity index (χ0) is 17.0. The molecule has 0 aromatic carbocycles. The summed E-state index contributed by atoms with van der Waals surface area (Å²) in [6, 6.07) is 0. The molecule has 0 aromatic heterocycles. The Morgan fingerprint density at radius 3 is 2.57 bits per heavy atom. The number of allylic oxidation sites excluding steroid dienone is 1. The first kappa shape index (κ1) is 17.0. The molecule has 4 saturated carbocycles. The van der Waals surface area contributed by atoms with Crippen LogP contribution in [0.3, 0.4) is 0 Å². The van der Waals surface area contributed by atoms with Gasteiger partial charge in [0.2, 0.25) is 0 Å². The highest BCUT2D eigenvalue weighted by atomic mass is 16.4. The minimum atomic E-state index is -0.821. The molecule has 2 N–H and O–H groups in total. The predicted octanol–water partition coefficient (Wildman–Crippen LogP) is 4.40. The number of rotatable bonds is 4. The third-order valence-corrected chi connectivity index (χ3v) is 8.06. The Morgan fingerprint density at radius 1 is 1.26 bits per heavy atom. The van der Waals surface area contributed by atoms with E-state index in [2.05, 4.69) is 20.8 Å². The molecule has 4 rings (SSSR count). The lowest BCUT2D eigenvalue weighted by Crippen LogP contribution is -2.65. The maximum absolute atomic E-state index is 11.6. The van der Waals surface area contributed by atoms with Gasteiger partial charge in [0.25, 0.3) is 0 Å². The van der Waals surface area contributed by atoms with Crippen LogP contribution in [-0.2, 0) is 4.79 Å². The Labute approximate surface area is 140 Å². The first-order valence-electron chi connectivity index (χ1n) is 9.27. The first-order chi connectivity index (χ1) is 10.6. The van der Waals surface area contributed by atoms with Gasteiger partial charge in [-0.2, -0.15) is 0 Å². The number of aliphatic carboxylic acids is 1. The average Bonchev–Trinajstić information content (AvgIpc) is 2.74. The summed E-state index contributed by atoms with van der Waals surface area (Å²) in [7, 11) is 0. The van der Waals surface area contributed by atoms with Crippen LogP contribution >= 0.6 is 0 Å². The van der Waals surface area contributed by atoms with E-state index in [9.17, 15) is 9.90 Å². The lowest BCUT2D eigenvalue weighted by Gasteiger charge is -2.67. The van der Waals surface area contributed by atoms with Crippen molar-refractivity contribution in [2.45, 2.75) is 78.2 Å². The van der Waals surface area contributed by atoms with Crippen molar-refractivity contribution in [3.8, 4) is 0 Å². The monoisotopic (exact) mass is 320 g/mol. The highest BCUT2D eigenvalue weighted by Crippen LogP contribution is 2.73. The van der Waals surface area contributed by atoms with E-state index in [1.54, 1.807) is 6.92 Å². The van der Waals surface area contributed by atoms with E-state index >= 15 is 0 Å². The fraction of sp³-hybridized carbons (Fsp3) is 0.850. The van der Waals surface area contributed by atoms with E-state index < -0.39 is 11.6 Å². The van der Waals surface area contributed by atoms with Gasteiger partial charge in [0, 0.05) is 11.0 Å². The molecule has 130 valence electrons. The molecule has 0 unspecified atom stereocenters. The molecule has 4 fully saturated rings. The summed E-state index contributed by atoms with van der Waals surface area (Å²) in [6.45, 7) is 8.68. The van der Waals surface area contributed by atoms with E-state index in [0.29, 0.717) is 23.3 Å². The minimum absolute atomic E-state index is 0.0651.